The highest BCUT2D eigenvalue weighted by Gasteiger charge is 2.36. The molecule has 1 aliphatic heterocycles. The van der Waals surface area contributed by atoms with E-state index in [0.29, 0.717) is 34.7 Å². The molecule has 2 aliphatic rings. The maximum Gasteiger partial charge on any atom is 0.293 e. The van der Waals surface area contributed by atoms with E-state index in [9.17, 15) is 9.59 Å². The Morgan fingerprint density at radius 2 is 1.90 bits per heavy atom. The Labute approximate surface area is 200 Å². The standard InChI is InChI=1S/C24H23BrClNO3S/c25-19-12-17(10-11-21(19)30-15-18-8-4-5-9-20(18)26)13-22-23(28)27(24(29)31-22)14-16-6-2-1-3-7-16/h4-5,8-13,16H,1-3,6-7,14-15H2/b22-13+. The van der Waals surface area contributed by atoms with Gasteiger partial charge in [-0.1, -0.05) is 55.1 Å². The molecule has 2 amide bonds. The van der Waals surface area contributed by atoms with Crippen molar-refractivity contribution in [3.05, 3.63) is 68.0 Å². The molecule has 2 aromatic rings. The fraction of sp³-hybridized carbons (Fsp3) is 0.333. The maximum absolute atomic E-state index is 12.8. The number of amides is 2. The molecule has 4 nitrogen and oxygen atoms in total. The minimum Gasteiger partial charge on any atom is -0.488 e. The Bertz CT molecular complexity index is 1020. The van der Waals surface area contributed by atoms with Gasteiger partial charge in [-0.15, -0.1) is 0 Å². The smallest absolute Gasteiger partial charge is 0.293 e. The van der Waals surface area contributed by atoms with Crippen molar-refractivity contribution in [2.24, 2.45) is 5.92 Å². The molecule has 7 heteroatoms. The molecule has 2 fully saturated rings. The lowest BCUT2D eigenvalue weighted by Gasteiger charge is -2.25. The number of carbonyl (C=O) groups is 2. The monoisotopic (exact) mass is 519 g/mol. The van der Waals surface area contributed by atoms with Gasteiger partial charge in [-0.2, -0.15) is 0 Å². The zero-order chi connectivity index (χ0) is 21.8. The largest absolute Gasteiger partial charge is 0.488 e. The second-order valence-electron chi connectivity index (χ2n) is 7.87. The van der Waals surface area contributed by atoms with Crippen LogP contribution < -0.4 is 4.74 Å². The average Bonchev–Trinajstić information content (AvgIpc) is 3.02. The summed E-state index contributed by atoms with van der Waals surface area (Å²) in [6, 6.07) is 13.2. The third kappa shape index (κ3) is 5.54. The molecule has 1 heterocycles. The van der Waals surface area contributed by atoms with Crippen molar-refractivity contribution in [3.8, 4) is 5.75 Å². The van der Waals surface area contributed by atoms with Crippen molar-refractivity contribution in [1.29, 1.82) is 0 Å². The van der Waals surface area contributed by atoms with E-state index in [1.807, 2.05) is 42.5 Å². The molecule has 0 bridgehead atoms. The zero-order valence-corrected chi connectivity index (χ0v) is 20.1. The number of hydrogen-bond acceptors (Lipinski definition) is 4. The van der Waals surface area contributed by atoms with E-state index in [0.717, 1.165) is 40.2 Å². The number of halogens is 2. The first-order valence-electron chi connectivity index (χ1n) is 10.4. The summed E-state index contributed by atoms with van der Waals surface area (Å²) in [7, 11) is 0. The number of thioether (sulfide) groups is 1. The normalized spacial score (nSPS) is 18.8. The van der Waals surface area contributed by atoms with Crippen molar-refractivity contribution in [2.45, 2.75) is 38.7 Å². The Balaban J connectivity index is 1.42. The van der Waals surface area contributed by atoms with Crippen LogP contribution in [0.4, 0.5) is 4.79 Å². The minimum atomic E-state index is -0.184. The van der Waals surface area contributed by atoms with Gasteiger partial charge in [0.25, 0.3) is 11.1 Å². The number of imide groups is 1. The fourth-order valence-corrected chi connectivity index (χ4v) is 5.48. The predicted octanol–water partition coefficient (Wildman–Crippen LogP) is 7.30. The van der Waals surface area contributed by atoms with Crippen LogP contribution in [-0.4, -0.2) is 22.6 Å². The van der Waals surface area contributed by atoms with Gasteiger partial charge in [0.1, 0.15) is 12.4 Å². The predicted molar refractivity (Wildman–Crippen MR) is 129 cm³/mol. The fourth-order valence-electron chi connectivity index (χ4n) is 3.93. The van der Waals surface area contributed by atoms with E-state index in [1.54, 1.807) is 6.08 Å². The lowest BCUT2D eigenvalue weighted by molar-refractivity contribution is -0.123. The summed E-state index contributed by atoms with van der Waals surface area (Å²) in [5.74, 6) is 0.934. The average molecular weight is 521 g/mol. The molecule has 0 N–H and O–H groups in total. The second kappa shape index (κ2) is 10.2. The lowest BCUT2D eigenvalue weighted by atomic mass is 9.89. The summed E-state index contributed by atoms with van der Waals surface area (Å²) in [6.45, 7) is 0.901. The molecule has 4 rings (SSSR count). The number of benzene rings is 2. The van der Waals surface area contributed by atoms with Gasteiger partial charge in [-0.05, 0) is 76.3 Å². The molecule has 162 valence electrons. The third-order valence-electron chi connectivity index (χ3n) is 5.63. The van der Waals surface area contributed by atoms with Gasteiger partial charge in [0, 0.05) is 17.1 Å². The Morgan fingerprint density at radius 3 is 2.65 bits per heavy atom. The molecule has 2 aromatic carbocycles. The summed E-state index contributed by atoms with van der Waals surface area (Å²) >= 11 is 10.7. The number of carbonyl (C=O) groups excluding carboxylic acids is 2. The number of ether oxygens (including phenoxy) is 1. The summed E-state index contributed by atoms with van der Waals surface area (Å²) < 4.78 is 6.65. The molecule has 1 aliphatic carbocycles. The molecular weight excluding hydrogens is 498 g/mol. The molecule has 0 spiro atoms. The van der Waals surface area contributed by atoms with E-state index in [2.05, 4.69) is 15.9 Å². The molecule has 0 unspecified atom stereocenters. The van der Waals surface area contributed by atoms with Gasteiger partial charge < -0.3 is 4.74 Å². The van der Waals surface area contributed by atoms with Crippen LogP contribution >= 0.6 is 39.3 Å². The summed E-state index contributed by atoms with van der Waals surface area (Å²) in [5.41, 5.74) is 1.74. The molecule has 0 aromatic heterocycles. The number of hydrogen-bond donors (Lipinski definition) is 0. The van der Waals surface area contributed by atoms with Crippen LogP contribution in [0.1, 0.15) is 43.2 Å². The SMILES string of the molecule is O=C1S/C(=C/c2ccc(OCc3ccccc3Cl)c(Br)c2)C(=O)N1CC1CCCCC1. The lowest BCUT2D eigenvalue weighted by Crippen LogP contribution is -2.34. The Kier molecular flexibility index (Phi) is 7.41. The summed E-state index contributed by atoms with van der Waals surface area (Å²) in [6.07, 6.45) is 7.61. The number of rotatable bonds is 6. The van der Waals surface area contributed by atoms with Gasteiger partial charge in [0.05, 0.1) is 9.38 Å². The third-order valence-corrected chi connectivity index (χ3v) is 7.53. The topological polar surface area (TPSA) is 46.6 Å². The molecule has 1 saturated carbocycles. The van der Waals surface area contributed by atoms with Crippen LogP contribution in [-0.2, 0) is 11.4 Å². The van der Waals surface area contributed by atoms with Crippen molar-refractivity contribution < 1.29 is 14.3 Å². The van der Waals surface area contributed by atoms with E-state index in [-0.39, 0.29) is 11.1 Å². The van der Waals surface area contributed by atoms with Crippen molar-refractivity contribution in [1.82, 2.24) is 4.90 Å². The van der Waals surface area contributed by atoms with E-state index >= 15 is 0 Å². The highest BCUT2D eigenvalue weighted by molar-refractivity contribution is 9.10. The first-order chi connectivity index (χ1) is 15.0. The van der Waals surface area contributed by atoms with Crippen LogP contribution in [0.25, 0.3) is 6.08 Å². The van der Waals surface area contributed by atoms with E-state index in [4.69, 9.17) is 16.3 Å². The van der Waals surface area contributed by atoms with Crippen molar-refractivity contribution >= 4 is 56.5 Å². The van der Waals surface area contributed by atoms with Crippen molar-refractivity contribution in [3.63, 3.8) is 0 Å². The van der Waals surface area contributed by atoms with Crippen LogP contribution in [0.3, 0.4) is 0 Å². The van der Waals surface area contributed by atoms with Crippen LogP contribution in [0.15, 0.2) is 51.8 Å². The maximum atomic E-state index is 12.8. The van der Waals surface area contributed by atoms with E-state index < -0.39 is 0 Å². The van der Waals surface area contributed by atoms with Gasteiger partial charge in [0.2, 0.25) is 0 Å². The number of nitrogens with zero attached hydrogens (tertiary/aromatic N) is 1. The second-order valence-corrected chi connectivity index (χ2v) is 10.1. The molecule has 0 radical (unpaired) electrons. The molecule has 1 saturated heterocycles. The van der Waals surface area contributed by atoms with Crippen molar-refractivity contribution in [2.75, 3.05) is 6.54 Å². The summed E-state index contributed by atoms with van der Waals surface area (Å²) in [4.78, 5) is 27.1. The van der Waals surface area contributed by atoms with Crippen LogP contribution in [0, 0.1) is 5.92 Å². The van der Waals surface area contributed by atoms with E-state index in [1.165, 1.54) is 24.2 Å². The van der Waals surface area contributed by atoms with Gasteiger partial charge in [-0.25, -0.2) is 0 Å². The first-order valence-corrected chi connectivity index (χ1v) is 12.4. The molecule has 31 heavy (non-hydrogen) atoms. The minimum absolute atomic E-state index is 0.166. The molecular formula is C24H23BrClNO3S. The highest BCUT2D eigenvalue weighted by Crippen LogP contribution is 2.36. The zero-order valence-electron chi connectivity index (χ0n) is 17.0. The van der Waals surface area contributed by atoms with Gasteiger partial charge in [-0.3, -0.25) is 14.5 Å². The summed E-state index contributed by atoms with van der Waals surface area (Å²) in [5, 5.41) is 0.500. The Morgan fingerprint density at radius 1 is 1.13 bits per heavy atom. The quantitative estimate of drug-likeness (QED) is 0.375. The Hall–Kier alpha value is -1.76. The first kappa shape index (κ1) is 22.4. The highest BCUT2D eigenvalue weighted by atomic mass is 79.9. The van der Waals surface area contributed by atoms with Gasteiger partial charge >= 0.3 is 0 Å². The van der Waals surface area contributed by atoms with Crippen LogP contribution in [0.5, 0.6) is 5.75 Å². The van der Waals surface area contributed by atoms with Crippen LogP contribution in [0.2, 0.25) is 5.02 Å². The van der Waals surface area contributed by atoms with Gasteiger partial charge in [0.15, 0.2) is 0 Å². The molecule has 0 atom stereocenters.